The van der Waals surface area contributed by atoms with Crippen LogP contribution in [0.1, 0.15) is 23.1 Å². The molecule has 1 aliphatic rings. The predicted octanol–water partition coefficient (Wildman–Crippen LogP) is 4.14. The number of nitrogens with zero attached hydrogens (tertiary/aromatic N) is 1. The van der Waals surface area contributed by atoms with Gasteiger partial charge >= 0.3 is 0 Å². The summed E-state index contributed by atoms with van der Waals surface area (Å²) in [6.07, 6.45) is 0.636. The monoisotopic (exact) mass is 468 g/mol. The molecule has 1 aliphatic heterocycles. The summed E-state index contributed by atoms with van der Waals surface area (Å²) in [7, 11) is 0. The number of thioether (sulfide) groups is 1. The maximum Gasteiger partial charge on any atom is 0.243 e. The summed E-state index contributed by atoms with van der Waals surface area (Å²) in [4.78, 5) is 25.7. The molecule has 0 radical (unpaired) electrons. The second kappa shape index (κ2) is 9.43. The highest BCUT2D eigenvalue weighted by Crippen LogP contribution is 2.49. The van der Waals surface area contributed by atoms with Crippen LogP contribution in [0.5, 0.6) is 5.75 Å². The van der Waals surface area contributed by atoms with Gasteiger partial charge in [0.25, 0.3) is 0 Å². The highest BCUT2D eigenvalue weighted by Gasteiger charge is 2.34. The maximum atomic E-state index is 11.5. The number of hydrogen-bond donors (Lipinski definition) is 2. The highest BCUT2D eigenvalue weighted by molar-refractivity contribution is 9.11. The molecule has 9 heteroatoms. The van der Waals surface area contributed by atoms with Crippen molar-refractivity contribution in [2.24, 2.45) is 0 Å². The average Bonchev–Trinajstić information content (AvgIpc) is 3.31. The minimum atomic E-state index is -0.447. The summed E-state index contributed by atoms with van der Waals surface area (Å²) in [6, 6.07) is 11.6. The maximum absolute atomic E-state index is 11.5. The average molecular weight is 469 g/mol. The smallest absolute Gasteiger partial charge is 0.243 e. The van der Waals surface area contributed by atoms with E-state index in [1.807, 2.05) is 41.3 Å². The number of halogens is 1. The first-order valence-corrected chi connectivity index (χ1v) is 10.8. The van der Waals surface area contributed by atoms with Gasteiger partial charge in [-0.05, 0) is 46.6 Å². The Bertz CT molecular complexity index is 867. The SMILES string of the molecule is O=C=C1CSC(c2ccc(Br)s2)N1c1ccccc1OCCCC(=O)NO. The quantitative estimate of drug-likeness (QED) is 0.275. The van der Waals surface area contributed by atoms with Crippen LogP contribution in [-0.4, -0.2) is 29.4 Å². The minimum Gasteiger partial charge on any atom is -0.491 e. The molecular formula is C18H17BrN2O4S2. The second-order valence-corrected chi connectivity index (χ2v) is 9.24. The van der Waals surface area contributed by atoms with E-state index in [1.54, 1.807) is 28.6 Å². The van der Waals surface area contributed by atoms with Gasteiger partial charge < -0.3 is 9.64 Å². The Labute approximate surface area is 173 Å². The van der Waals surface area contributed by atoms with Crippen LogP contribution in [-0.2, 0) is 9.59 Å². The largest absolute Gasteiger partial charge is 0.491 e. The van der Waals surface area contributed by atoms with E-state index in [1.165, 1.54) is 0 Å². The van der Waals surface area contributed by atoms with E-state index in [9.17, 15) is 9.59 Å². The first kappa shape index (κ1) is 20.0. The molecule has 1 saturated heterocycles. The Hall–Kier alpha value is -1.77. The molecule has 0 spiro atoms. The number of anilines is 1. The summed E-state index contributed by atoms with van der Waals surface area (Å²) < 4.78 is 6.90. The van der Waals surface area contributed by atoms with Crippen LogP contribution < -0.4 is 15.1 Å². The molecule has 142 valence electrons. The minimum absolute atomic E-state index is 0.0253. The third-order valence-electron chi connectivity index (χ3n) is 3.91. The zero-order valence-corrected chi connectivity index (χ0v) is 17.4. The van der Waals surface area contributed by atoms with Gasteiger partial charge in [0.1, 0.15) is 22.8 Å². The van der Waals surface area contributed by atoms with Crippen LogP contribution in [0.15, 0.2) is 45.9 Å². The Morgan fingerprint density at radius 1 is 1.37 bits per heavy atom. The van der Waals surface area contributed by atoms with Crippen molar-refractivity contribution in [2.75, 3.05) is 17.3 Å². The normalized spacial score (nSPS) is 16.3. The molecule has 2 heterocycles. The van der Waals surface area contributed by atoms with Crippen LogP contribution in [0.25, 0.3) is 0 Å². The molecule has 1 atom stereocenters. The summed E-state index contributed by atoms with van der Waals surface area (Å²) in [6.45, 7) is 0.320. The molecule has 27 heavy (non-hydrogen) atoms. The van der Waals surface area contributed by atoms with Crippen LogP contribution >= 0.6 is 39.0 Å². The van der Waals surface area contributed by atoms with Gasteiger partial charge in [0, 0.05) is 17.1 Å². The second-order valence-electron chi connectivity index (χ2n) is 5.68. The number of hydroxylamine groups is 1. The third-order valence-corrected chi connectivity index (χ3v) is 6.96. The van der Waals surface area contributed by atoms with E-state index in [0.717, 1.165) is 14.4 Å². The molecule has 0 saturated carbocycles. The van der Waals surface area contributed by atoms with Crippen molar-refractivity contribution < 1.29 is 19.5 Å². The molecule has 1 amide bonds. The van der Waals surface area contributed by atoms with Crippen molar-refractivity contribution in [3.63, 3.8) is 0 Å². The summed E-state index contributed by atoms with van der Waals surface area (Å²) >= 11 is 6.79. The first-order chi connectivity index (χ1) is 13.1. The highest BCUT2D eigenvalue weighted by atomic mass is 79.9. The van der Waals surface area contributed by atoms with E-state index in [0.29, 0.717) is 30.2 Å². The molecule has 0 bridgehead atoms. The molecular weight excluding hydrogens is 452 g/mol. The van der Waals surface area contributed by atoms with E-state index in [-0.39, 0.29) is 11.8 Å². The number of hydrogen-bond acceptors (Lipinski definition) is 7. The number of para-hydroxylation sites is 2. The van der Waals surface area contributed by atoms with E-state index in [2.05, 4.69) is 21.9 Å². The number of carbonyl (C=O) groups is 1. The van der Waals surface area contributed by atoms with Crippen molar-refractivity contribution in [1.29, 1.82) is 0 Å². The summed E-state index contributed by atoms with van der Waals surface area (Å²) in [5.74, 6) is 2.83. The lowest BCUT2D eigenvalue weighted by Gasteiger charge is -2.26. The van der Waals surface area contributed by atoms with Gasteiger partial charge in [-0.2, -0.15) is 0 Å². The number of carbonyl (C=O) groups excluding carboxylic acids is 2. The van der Waals surface area contributed by atoms with Gasteiger partial charge in [-0.3, -0.25) is 10.0 Å². The lowest BCUT2D eigenvalue weighted by Crippen LogP contribution is -2.22. The topological polar surface area (TPSA) is 78.9 Å². The Balaban J connectivity index is 1.82. The lowest BCUT2D eigenvalue weighted by atomic mass is 10.2. The van der Waals surface area contributed by atoms with E-state index in [4.69, 9.17) is 9.94 Å². The van der Waals surface area contributed by atoms with E-state index < -0.39 is 5.91 Å². The number of thiophene rings is 1. The molecule has 1 unspecified atom stereocenters. The van der Waals surface area contributed by atoms with Gasteiger partial charge in [-0.25, -0.2) is 10.3 Å². The van der Waals surface area contributed by atoms with Crippen molar-refractivity contribution >= 4 is 56.6 Å². The van der Waals surface area contributed by atoms with Gasteiger partial charge in [-0.1, -0.05) is 12.1 Å². The zero-order chi connectivity index (χ0) is 19.2. The molecule has 0 aliphatic carbocycles. The standard InChI is InChI=1S/C18H17BrN2O4S2/c19-16-8-7-15(27-16)18-21(12(10-22)11-26-18)13-4-1-2-5-14(13)25-9-3-6-17(23)20-24/h1-2,4-5,7-8,18,24H,3,6,9,11H2,(H,20,23). The van der Waals surface area contributed by atoms with Crippen LogP contribution in [0, 0.1) is 0 Å². The molecule has 1 fully saturated rings. The number of benzene rings is 1. The molecule has 6 nitrogen and oxygen atoms in total. The van der Waals surface area contributed by atoms with Gasteiger partial charge in [0.05, 0.1) is 16.1 Å². The number of amides is 1. The van der Waals surface area contributed by atoms with Crippen molar-refractivity contribution in [3.8, 4) is 5.75 Å². The van der Waals surface area contributed by atoms with Gasteiger partial charge in [-0.15, -0.1) is 23.1 Å². The van der Waals surface area contributed by atoms with Crippen molar-refractivity contribution in [1.82, 2.24) is 5.48 Å². The van der Waals surface area contributed by atoms with Crippen molar-refractivity contribution in [3.05, 3.63) is 50.8 Å². The third kappa shape index (κ3) is 4.75. The van der Waals surface area contributed by atoms with Gasteiger partial charge in [0.2, 0.25) is 5.91 Å². The molecule has 3 rings (SSSR count). The zero-order valence-electron chi connectivity index (χ0n) is 14.2. The van der Waals surface area contributed by atoms with E-state index >= 15 is 0 Å². The Morgan fingerprint density at radius 3 is 2.89 bits per heavy atom. The fourth-order valence-corrected chi connectivity index (χ4v) is 5.60. The van der Waals surface area contributed by atoms with Crippen LogP contribution in [0.3, 0.4) is 0 Å². The van der Waals surface area contributed by atoms with Crippen LogP contribution in [0.2, 0.25) is 0 Å². The molecule has 1 aromatic heterocycles. The fraction of sp³-hybridized carbons (Fsp3) is 0.278. The number of ether oxygens (including phenoxy) is 1. The Kier molecular flexibility index (Phi) is 6.98. The van der Waals surface area contributed by atoms with Crippen LogP contribution in [0.4, 0.5) is 5.69 Å². The summed E-state index contributed by atoms with van der Waals surface area (Å²) in [5, 5.41) is 8.52. The molecule has 1 aromatic carbocycles. The first-order valence-electron chi connectivity index (χ1n) is 8.19. The van der Waals surface area contributed by atoms with Gasteiger partial charge in [0.15, 0.2) is 0 Å². The predicted molar refractivity (Wildman–Crippen MR) is 110 cm³/mol. The van der Waals surface area contributed by atoms with Crippen molar-refractivity contribution in [2.45, 2.75) is 18.2 Å². The lowest BCUT2D eigenvalue weighted by molar-refractivity contribution is -0.129. The molecule has 2 aromatic rings. The number of nitrogens with one attached hydrogen (secondary N) is 1. The summed E-state index contributed by atoms with van der Waals surface area (Å²) in [5.41, 5.74) is 2.97. The Morgan fingerprint density at radius 2 is 2.19 bits per heavy atom. The number of rotatable bonds is 7. The molecule has 2 N–H and O–H groups in total. The fourth-order valence-electron chi connectivity index (χ4n) is 2.71.